The fourth-order valence-corrected chi connectivity index (χ4v) is 3.75. The maximum absolute atomic E-state index is 13.2. The van der Waals surface area contributed by atoms with Gasteiger partial charge in [-0.2, -0.15) is 0 Å². The third-order valence-electron chi connectivity index (χ3n) is 5.77. The van der Waals surface area contributed by atoms with Gasteiger partial charge in [-0.25, -0.2) is 4.98 Å². The summed E-state index contributed by atoms with van der Waals surface area (Å²) in [6.07, 6.45) is 3.33. The number of amides is 3. The van der Waals surface area contributed by atoms with Crippen molar-refractivity contribution in [3.05, 3.63) is 95.8 Å². The molecule has 4 rings (SSSR count). The molecule has 0 bridgehead atoms. The Kier molecular flexibility index (Phi) is 7.34. The van der Waals surface area contributed by atoms with Crippen molar-refractivity contribution in [2.75, 3.05) is 0 Å². The van der Waals surface area contributed by atoms with Crippen LogP contribution in [0.3, 0.4) is 0 Å². The first-order valence-corrected chi connectivity index (χ1v) is 11.6. The molecule has 3 amide bonds. The highest BCUT2D eigenvalue weighted by Crippen LogP contribution is 2.24. The Hall–Kier alpha value is -4.59. The molecule has 0 radical (unpaired) electrons. The number of fused-ring (bicyclic) bond motifs is 1. The van der Waals surface area contributed by atoms with E-state index in [-0.39, 0.29) is 11.8 Å². The summed E-state index contributed by atoms with van der Waals surface area (Å²) in [7, 11) is 0. The Balaban J connectivity index is 1.51. The molecule has 0 aliphatic carbocycles. The zero-order chi connectivity index (χ0) is 25.7. The van der Waals surface area contributed by atoms with E-state index >= 15 is 0 Å². The lowest BCUT2D eigenvalue weighted by Gasteiger charge is -2.22. The van der Waals surface area contributed by atoms with Crippen molar-refractivity contribution in [3.63, 3.8) is 0 Å². The van der Waals surface area contributed by atoms with E-state index in [1.54, 1.807) is 42.7 Å². The van der Waals surface area contributed by atoms with E-state index in [9.17, 15) is 14.4 Å². The summed E-state index contributed by atoms with van der Waals surface area (Å²) in [5.74, 6) is -1.60. The molecule has 2 aromatic heterocycles. The number of carbonyl (C=O) groups excluding carboxylic acids is 3. The Morgan fingerprint density at radius 3 is 2.31 bits per heavy atom. The van der Waals surface area contributed by atoms with Gasteiger partial charge in [0.15, 0.2) is 0 Å². The van der Waals surface area contributed by atoms with E-state index in [1.165, 1.54) is 0 Å². The monoisotopic (exact) mass is 481 g/mol. The molecular formula is C28H27N5O3. The van der Waals surface area contributed by atoms with Gasteiger partial charge in [0, 0.05) is 28.9 Å². The molecule has 0 fully saturated rings. The molecule has 0 spiro atoms. The molecule has 1 atom stereocenters. The third kappa shape index (κ3) is 5.55. The van der Waals surface area contributed by atoms with Gasteiger partial charge in [0.25, 0.3) is 17.7 Å². The second-order valence-electron chi connectivity index (χ2n) is 8.82. The van der Waals surface area contributed by atoms with E-state index < -0.39 is 17.9 Å². The number of hydrogen-bond acceptors (Lipinski definition) is 5. The summed E-state index contributed by atoms with van der Waals surface area (Å²) < 4.78 is 0. The molecule has 2 aromatic carbocycles. The van der Waals surface area contributed by atoms with Crippen LogP contribution in [-0.2, 0) is 4.79 Å². The Bertz CT molecular complexity index is 1400. The first kappa shape index (κ1) is 24.5. The van der Waals surface area contributed by atoms with Crippen molar-refractivity contribution in [1.82, 2.24) is 26.1 Å². The predicted molar refractivity (Wildman–Crippen MR) is 138 cm³/mol. The molecule has 8 heteroatoms. The summed E-state index contributed by atoms with van der Waals surface area (Å²) in [6.45, 7) is 5.57. The van der Waals surface area contributed by atoms with E-state index in [1.807, 2.05) is 57.2 Å². The number of hydrazine groups is 1. The molecule has 0 saturated heterocycles. The Morgan fingerprint density at radius 2 is 1.61 bits per heavy atom. The maximum atomic E-state index is 13.2. The van der Waals surface area contributed by atoms with Crippen molar-refractivity contribution in [2.45, 2.75) is 26.8 Å². The zero-order valence-corrected chi connectivity index (χ0v) is 20.3. The summed E-state index contributed by atoms with van der Waals surface area (Å²) in [6, 6.07) is 18.8. The highest BCUT2D eigenvalue weighted by Gasteiger charge is 2.25. The van der Waals surface area contributed by atoms with Crippen molar-refractivity contribution in [1.29, 1.82) is 0 Å². The predicted octanol–water partition coefficient (Wildman–Crippen LogP) is 3.82. The molecule has 4 aromatic rings. The number of nitrogens with zero attached hydrogens (tertiary/aromatic N) is 2. The van der Waals surface area contributed by atoms with Crippen molar-refractivity contribution in [3.8, 4) is 11.3 Å². The Morgan fingerprint density at radius 1 is 0.861 bits per heavy atom. The van der Waals surface area contributed by atoms with Crippen LogP contribution in [0.4, 0.5) is 0 Å². The number of hydrogen-bond donors (Lipinski definition) is 3. The highest BCUT2D eigenvalue weighted by molar-refractivity contribution is 6.07. The van der Waals surface area contributed by atoms with Gasteiger partial charge in [-0.1, -0.05) is 49.7 Å². The Labute approximate surface area is 209 Å². The van der Waals surface area contributed by atoms with Gasteiger partial charge >= 0.3 is 0 Å². The molecule has 36 heavy (non-hydrogen) atoms. The number of aromatic nitrogens is 2. The van der Waals surface area contributed by atoms with E-state index in [4.69, 9.17) is 0 Å². The summed E-state index contributed by atoms with van der Waals surface area (Å²) in [5.41, 5.74) is 8.78. The van der Waals surface area contributed by atoms with Crippen LogP contribution in [0, 0.1) is 12.8 Å². The van der Waals surface area contributed by atoms with Crippen LogP contribution in [0.5, 0.6) is 0 Å². The lowest BCUT2D eigenvalue weighted by atomic mass is 10.0. The highest BCUT2D eigenvalue weighted by atomic mass is 16.2. The zero-order valence-electron chi connectivity index (χ0n) is 20.3. The fourth-order valence-electron chi connectivity index (χ4n) is 3.75. The van der Waals surface area contributed by atoms with E-state index in [0.29, 0.717) is 27.7 Å². The second-order valence-corrected chi connectivity index (χ2v) is 8.82. The van der Waals surface area contributed by atoms with Crippen molar-refractivity contribution >= 4 is 28.6 Å². The topological polar surface area (TPSA) is 113 Å². The van der Waals surface area contributed by atoms with Crippen LogP contribution in [0.1, 0.15) is 40.1 Å². The van der Waals surface area contributed by atoms with Crippen LogP contribution in [-0.4, -0.2) is 33.7 Å². The van der Waals surface area contributed by atoms with Gasteiger partial charge in [-0.15, -0.1) is 0 Å². The average molecular weight is 482 g/mol. The lowest BCUT2D eigenvalue weighted by Crippen LogP contribution is -2.54. The second kappa shape index (κ2) is 10.8. The number of para-hydroxylation sites is 1. The fraction of sp³-hybridized carbons (Fsp3) is 0.179. The molecule has 0 aliphatic rings. The molecule has 3 N–H and O–H groups in total. The van der Waals surface area contributed by atoms with Crippen LogP contribution in [0.2, 0.25) is 0 Å². The quantitative estimate of drug-likeness (QED) is 0.363. The lowest BCUT2D eigenvalue weighted by molar-refractivity contribution is -0.124. The van der Waals surface area contributed by atoms with Crippen molar-refractivity contribution in [2.24, 2.45) is 5.92 Å². The van der Waals surface area contributed by atoms with Crippen LogP contribution in [0.25, 0.3) is 22.2 Å². The minimum atomic E-state index is -0.848. The van der Waals surface area contributed by atoms with Crippen LogP contribution >= 0.6 is 0 Å². The van der Waals surface area contributed by atoms with Crippen LogP contribution in [0.15, 0.2) is 79.1 Å². The molecule has 0 aliphatic heterocycles. The van der Waals surface area contributed by atoms with Gasteiger partial charge in [-0.3, -0.25) is 30.2 Å². The number of pyridine rings is 2. The summed E-state index contributed by atoms with van der Waals surface area (Å²) >= 11 is 0. The minimum absolute atomic E-state index is 0.213. The van der Waals surface area contributed by atoms with E-state index in [2.05, 4.69) is 26.1 Å². The number of carbonyl (C=O) groups is 3. The molecule has 182 valence electrons. The van der Waals surface area contributed by atoms with Gasteiger partial charge in [0.2, 0.25) is 0 Å². The first-order valence-electron chi connectivity index (χ1n) is 11.6. The normalized spacial score (nSPS) is 11.7. The SMILES string of the molecule is Cc1ccc(C(=O)N[C@@H](C(=O)NNC(=O)c2cc(-c3cccnc3)nc3ccccc23)C(C)C)cc1. The van der Waals surface area contributed by atoms with Gasteiger partial charge < -0.3 is 5.32 Å². The third-order valence-corrected chi connectivity index (χ3v) is 5.77. The van der Waals surface area contributed by atoms with Gasteiger partial charge in [-0.05, 0) is 49.2 Å². The number of rotatable bonds is 6. The molecular weight excluding hydrogens is 454 g/mol. The summed E-state index contributed by atoms with van der Waals surface area (Å²) in [4.78, 5) is 47.5. The van der Waals surface area contributed by atoms with Gasteiger partial charge in [0.1, 0.15) is 6.04 Å². The smallest absolute Gasteiger partial charge is 0.270 e. The van der Waals surface area contributed by atoms with Crippen LogP contribution < -0.4 is 16.2 Å². The number of benzene rings is 2. The molecule has 0 saturated carbocycles. The minimum Gasteiger partial charge on any atom is -0.340 e. The van der Waals surface area contributed by atoms with Crippen molar-refractivity contribution < 1.29 is 14.4 Å². The average Bonchev–Trinajstić information content (AvgIpc) is 2.90. The van der Waals surface area contributed by atoms with E-state index in [0.717, 1.165) is 11.1 Å². The molecule has 8 nitrogen and oxygen atoms in total. The number of nitrogens with one attached hydrogen (secondary N) is 3. The van der Waals surface area contributed by atoms with Gasteiger partial charge in [0.05, 0.1) is 16.8 Å². The first-order chi connectivity index (χ1) is 17.3. The summed E-state index contributed by atoms with van der Waals surface area (Å²) in [5, 5.41) is 3.40. The maximum Gasteiger partial charge on any atom is 0.270 e. The largest absolute Gasteiger partial charge is 0.340 e. The number of aryl methyl sites for hydroxylation is 1. The molecule has 0 unspecified atom stereocenters. The molecule has 2 heterocycles. The standard InChI is InChI=1S/C28H27N5O3/c1-17(2)25(31-26(34)19-12-10-18(3)11-13-19)28(36)33-32-27(35)22-15-24(20-7-6-14-29-16-20)30-23-9-5-4-8-21(22)23/h4-17,25H,1-3H3,(H,31,34)(H,32,35)(H,33,36)/t25-/m1/s1.